The number of halogens is 1. The zero-order chi connectivity index (χ0) is 13.2. The predicted molar refractivity (Wildman–Crippen MR) is 77.9 cm³/mol. The van der Waals surface area contributed by atoms with Crippen molar-refractivity contribution in [2.24, 2.45) is 0 Å². The van der Waals surface area contributed by atoms with Crippen LogP contribution in [-0.2, 0) is 0 Å². The third kappa shape index (κ3) is 2.84. The molecular formula is C15H13BrN2O. The van der Waals surface area contributed by atoms with Crippen molar-refractivity contribution in [3.63, 3.8) is 0 Å². The van der Waals surface area contributed by atoms with Gasteiger partial charge in [0.1, 0.15) is 4.60 Å². The standard InChI is InChI=1S/C15H13BrN2O/c16-13-9-8-12(15(19)17-11-6-7-11)14(18-13)10-4-2-1-3-5-10/h1-5,8-9,11H,6-7H2,(H,17,19). The fourth-order valence-electron chi connectivity index (χ4n) is 1.93. The summed E-state index contributed by atoms with van der Waals surface area (Å²) in [6.45, 7) is 0. The minimum atomic E-state index is -0.0404. The van der Waals surface area contributed by atoms with Crippen LogP contribution in [0.15, 0.2) is 47.1 Å². The van der Waals surface area contributed by atoms with Crippen molar-refractivity contribution < 1.29 is 4.79 Å². The van der Waals surface area contributed by atoms with Crippen LogP contribution >= 0.6 is 15.9 Å². The second-order valence-corrected chi connectivity index (χ2v) is 5.46. The first-order valence-electron chi connectivity index (χ1n) is 6.27. The monoisotopic (exact) mass is 316 g/mol. The third-order valence-electron chi connectivity index (χ3n) is 3.07. The van der Waals surface area contributed by atoms with Crippen LogP contribution in [-0.4, -0.2) is 16.9 Å². The first-order valence-corrected chi connectivity index (χ1v) is 7.06. The summed E-state index contributed by atoms with van der Waals surface area (Å²) in [6.07, 6.45) is 2.16. The van der Waals surface area contributed by atoms with Crippen LogP contribution in [0.5, 0.6) is 0 Å². The van der Waals surface area contributed by atoms with E-state index in [1.54, 1.807) is 6.07 Å². The third-order valence-corrected chi connectivity index (χ3v) is 3.51. The molecule has 96 valence electrons. The van der Waals surface area contributed by atoms with E-state index in [2.05, 4.69) is 26.2 Å². The SMILES string of the molecule is O=C(NC1CC1)c1ccc(Br)nc1-c1ccccc1. The maximum absolute atomic E-state index is 12.2. The molecule has 3 nitrogen and oxygen atoms in total. The average molecular weight is 317 g/mol. The molecular weight excluding hydrogens is 304 g/mol. The molecule has 3 rings (SSSR count). The zero-order valence-electron chi connectivity index (χ0n) is 10.3. The minimum absolute atomic E-state index is 0.0404. The summed E-state index contributed by atoms with van der Waals surface area (Å²) in [4.78, 5) is 16.7. The molecule has 0 unspecified atom stereocenters. The topological polar surface area (TPSA) is 42.0 Å². The van der Waals surface area contributed by atoms with E-state index in [9.17, 15) is 4.79 Å². The summed E-state index contributed by atoms with van der Waals surface area (Å²) in [5, 5.41) is 3.01. The van der Waals surface area contributed by atoms with Crippen LogP contribution in [0, 0.1) is 0 Å². The van der Waals surface area contributed by atoms with Gasteiger partial charge in [0, 0.05) is 11.6 Å². The summed E-state index contributed by atoms with van der Waals surface area (Å²) < 4.78 is 0.731. The number of nitrogens with zero attached hydrogens (tertiary/aromatic N) is 1. The number of aromatic nitrogens is 1. The van der Waals surface area contributed by atoms with Gasteiger partial charge in [0.2, 0.25) is 0 Å². The second-order valence-electron chi connectivity index (χ2n) is 4.64. The number of carbonyl (C=O) groups excluding carboxylic acids is 1. The number of rotatable bonds is 3. The highest BCUT2D eigenvalue weighted by Crippen LogP contribution is 2.25. The van der Waals surface area contributed by atoms with E-state index in [4.69, 9.17) is 0 Å². The molecule has 19 heavy (non-hydrogen) atoms. The van der Waals surface area contributed by atoms with Crippen molar-refractivity contribution in [2.75, 3.05) is 0 Å². The molecule has 1 saturated carbocycles. The molecule has 0 aliphatic heterocycles. The smallest absolute Gasteiger partial charge is 0.253 e. The molecule has 1 N–H and O–H groups in total. The van der Waals surface area contributed by atoms with Gasteiger partial charge in [-0.2, -0.15) is 0 Å². The number of carbonyl (C=O) groups is 1. The highest BCUT2D eigenvalue weighted by Gasteiger charge is 2.25. The van der Waals surface area contributed by atoms with E-state index < -0.39 is 0 Å². The predicted octanol–water partition coefficient (Wildman–Crippen LogP) is 3.40. The van der Waals surface area contributed by atoms with Crippen LogP contribution in [0.4, 0.5) is 0 Å². The molecule has 1 heterocycles. The Labute approximate surface area is 120 Å². The minimum Gasteiger partial charge on any atom is -0.349 e. The fraction of sp³-hybridized carbons (Fsp3) is 0.200. The molecule has 1 aromatic carbocycles. The van der Waals surface area contributed by atoms with E-state index in [1.807, 2.05) is 36.4 Å². The number of hydrogen-bond donors (Lipinski definition) is 1. The molecule has 0 atom stereocenters. The fourth-order valence-corrected chi connectivity index (χ4v) is 2.23. The van der Waals surface area contributed by atoms with Gasteiger partial charge >= 0.3 is 0 Å². The number of benzene rings is 1. The van der Waals surface area contributed by atoms with Crippen molar-refractivity contribution in [1.29, 1.82) is 0 Å². The summed E-state index contributed by atoms with van der Waals surface area (Å²) in [7, 11) is 0. The molecule has 0 spiro atoms. The molecule has 1 amide bonds. The Morgan fingerprint density at radius 2 is 1.89 bits per heavy atom. The van der Waals surface area contributed by atoms with Crippen LogP contribution in [0.1, 0.15) is 23.2 Å². The van der Waals surface area contributed by atoms with Gasteiger partial charge in [0.15, 0.2) is 0 Å². The van der Waals surface area contributed by atoms with Gasteiger partial charge in [-0.15, -0.1) is 0 Å². The van der Waals surface area contributed by atoms with E-state index in [0.29, 0.717) is 17.3 Å². The van der Waals surface area contributed by atoms with Gasteiger partial charge in [-0.3, -0.25) is 4.79 Å². The molecule has 1 aliphatic carbocycles. The van der Waals surface area contributed by atoms with E-state index in [1.165, 1.54) is 0 Å². The lowest BCUT2D eigenvalue weighted by Gasteiger charge is -2.09. The molecule has 1 aromatic heterocycles. The Balaban J connectivity index is 2.01. The summed E-state index contributed by atoms with van der Waals surface area (Å²) in [6, 6.07) is 13.7. The lowest BCUT2D eigenvalue weighted by atomic mass is 10.1. The van der Waals surface area contributed by atoms with E-state index in [-0.39, 0.29) is 5.91 Å². The summed E-state index contributed by atoms with van der Waals surface area (Å²) >= 11 is 3.36. The average Bonchev–Trinajstić information content (AvgIpc) is 3.23. The van der Waals surface area contributed by atoms with Gasteiger partial charge in [-0.05, 0) is 40.9 Å². The number of nitrogens with one attached hydrogen (secondary N) is 1. The Kier molecular flexibility index (Phi) is 3.34. The van der Waals surface area contributed by atoms with Gasteiger partial charge < -0.3 is 5.32 Å². The van der Waals surface area contributed by atoms with Gasteiger partial charge in [-0.25, -0.2) is 4.98 Å². The van der Waals surface area contributed by atoms with Crippen molar-refractivity contribution >= 4 is 21.8 Å². The van der Waals surface area contributed by atoms with Crippen molar-refractivity contribution in [1.82, 2.24) is 10.3 Å². The summed E-state index contributed by atoms with van der Waals surface area (Å²) in [5.41, 5.74) is 2.29. The molecule has 0 bridgehead atoms. The first-order chi connectivity index (χ1) is 9.24. The number of hydrogen-bond acceptors (Lipinski definition) is 2. The highest BCUT2D eigenvalue weighted by atomic mass is 79.9. The van der Waals surface area contributed by atoms with E-state index >= 15 is 0 Å². The van der Waals surface area contributed by atoms with Gasteiger partial charge in [-0.1, -0.05) is 30.3 Å². The lowest BCUT2D eigenvalue weighted by molar-refractivity contribution is 0.0951. The van der Waals surface area contributed by atoms with Crippen LogP contribution < -0.4 is 5.32 Å². The molecule has 4 heteroatoms. The quantitative estimate of drug-likeness (QED) is 0.882. The maximum atomic E-state index is 12.2. The molecule has 0 saturated heterocycles. The normalized spacial score (nSPS) is 14.2. The largest absolute Gasteiger partial charge is 0.349 e. The Morgan fingerprint density at radius 3 is 2.58 bits per heavy atom. The molecule has 0 radical (unpaired) electrons. The van der Waals surface area contributed by atoms with Crippen LogP contribution in [0.2, 0.25) is 0 Å². The second kappa shape index (κ2) is 5.13. The Hall–Kier alpha value is -1.68. The van der Waals surface area contributed by atoms with Crippen molar-refractivity contribution in [2.45, 2.75) is 18.9 Å². The van der Waals surface area contributed by atoms with Crippen molar-refractivity contribution in [3.8, 4) is 11.3 Å². The summed E-state index contributed by atoms with van der Waals surface area (Å²) in [5.74, 6) is -0.0404. The Bertz CT molecular complexity index is 609. The van der Waals surface area contributed by atoms with E-state index in [0.717, 1.165) is 23.0 Å². The molecule has 2 aromatic rings. The van der Waals surface area contributed by atoms with Crippen LogP contribution in [0.3, 0.4) is 0 Å². The van der Waals surface area contributed by atoms with Crippen molar-refractivity contribution in [3.05, 3.63) is 52.6 Å². The highest BCUT2D eigenvalue weighted by molar-refractivity contribution is 9.10. The molecule has 1 aliphatic rings. The Morgan fingerprint density at radius 1 is 1.16 bits per heavy atom. The zero-order valence-corrected chi connectivity index (χ0v) is 11.9. The molecule has 1 fully saturated rings. The lowest BCUT2D eigenvalue weighted by Crippen LogP contribution is -2.26. The first kappa shape index (κ1) is 12.4. The van der Waals surface area contributed by atoms with Gasteiger partial charge in [0.05, 0.1) is 11.3 Å². The number of pyridine rings is 1. The number of amides is 1. The van der Waals surface area contributed by atoms with Crippen LogP contribution in [0.25, 0.3) is 11.3 Å². The van der Waals surface area contributed by atoms with Gasteiger partial charge in [0.25, 0.3) is 5.91 Å². The maximum Gasteiger partial charge on any atom is 0.253 e.